The van der Waals surface area contributed by atoms with Gasteiger partial charge in [0.1, 0.15) is 6.10 Å². The summed E-state index contributed by atoms with van der Waals surface area (Å²) < 4.78 is 53.1. The molecule has 1 heterocycles. The SMILES string of the molecule is C[C@H](CC[C@@H](OC(=O)c1ccccc1)C1CCOCC1)C1CC[C@H]2C3CC[C@H]4C[C@](O)(C(F)(F)F)CCC4(C)[C@H]3CC[C@]12C. The van der Waals surface area contributed by atoms with Crippen LogP contribution in [0.1, 0.15) is 115 Å². The van der Waals surface area contributed by atoms with Crippen LogP contribution in [0, 0.1) is 52.3 Å². The van der Waals surface area contributed by atoms with E-state index in [4.69, 9.17) is 9.47 Å². The fourth-order valence-corrected chi connectivity index (χ4v) is 11.4. The van der Waals surface area contributed by atoms with E-state index in [-0.39, 0.29) is 41.7 Å². The molecule has 0 radical (unpaired) electrons. The standard InChI is InChI=1S/C37H53F3O4/c1-24(9-14-32(25-16-21-43-22-17-25)44-33(41)26-7-5-4-6-8-26)29-12-13-30-28-11-10-27-23-36(42,37(38,39)40)20-19-34(27,2)31(28)15-18-35(29,30)3/h4-8,24-25,27-32,42H,9-23H2,1-3H3/t24-,27+,28?,29?,30+,31+,32-,34?,35-,36+/m1/s1. The highest BCUT2D eigenvalue weighted by Gasteiger charge is 2.65. The van der Waals surface area contributed by atoms with Crippen molar-refractivity contribution in [2.75, 3.05) is 13.2 Å². The maximum atomic E-state index is 13.8. The van der Waals surface area contributed by atoms with E-state index < -0.39 is 11.8 Å². The molecule has 10 atom stereocenters. The minimum Gasteiger partial charge on any atom is -0.458 e. The fourth-order valence-electron chi connectivity index (χ4n) is 11.4. The van der Waals surface area contributed by atoms with Gasteiger partial charge in [0.05, 0.1) is 5.56 Å². The number of carbonyl (C=O) groups is 1. The Morgan fingerprint density at radius 2 is 1.64 bits per heavy atom. The van der Waals surface area contributed by atoms with Crippen LogP contribution in [0.4, 0.5) is 13.2 Å². The van der Waals surface area contributed by atoms with Crippen LogP contribution in [0.2, 0.25) is 0 Å². The van der Waals surface area contributed by atoms with Crippen molar-refractivity contribution in [1.29, 1.82) is 0 Å². The molecule has 6 rings (SSSR count). The average Bonchev–Trinajstić information content (AvgIpc) is 3.37. The van der Waals surface area contributed by atoms with Gasteiger partial charge in [0.15, 0.2) is 5.60 Å². The Balaban J connectivity index is 1.11. The van der Waals surface area contributed by atoms with E-state index >= 15 is 0 Å². The van der Waals surface area contributed by atoms with Crippen molar-refractivity contribution in [3.63, 3.8) is 0 Å². The van der Waals surface area contributed by atoms with E-state index in [2.05, 4.69) is 20.8 Å². The molecule has 1 aliphatic heterocycles. The summed E-state index contributed by atoms with van der Waals surface area (Å²) in [5.41, 5.74) is -1.77. The van der Waals surface area contributed by atoms with Gasteiger partial charge in [0, 0.05) is 19.1 Å². The van der Waals surface area contributed by atoms with Crippen molar-refractivity contribution in [3.05, 3.63) is 35.9 Å². The predicted octanol–water partition coefficient (Wildman–Crippen LogP) is 9.01. The summed E-state index contributed by atoms with van der Waals surface area (Å²) in [6.07, 6.45) is 5.77. The minimum atomic E-state index is -4.55. The van der Waals surface area contributed by atoms with Crippen LogP contribution in [0.5, 0.6) is 0 Å². The van der Waals surface area contributed by atoms with Crippen molar-refractivity contribution in [2.24, 2.45) is 52.3 Å². The third kappa shape index (κ3) is 5.75. The molecule has 44 heavy (non-hydrogen) atoms. The summed E-state index contributed by atoms with van der Waals surface area (Å²) >= 11 is 0. The van der Waals surface area contributed by atoms with Gasteiger partial charge in [-0.05, 0) is 142 Å². The molecule has 1 aromatic carbocycles. The first-order valence-electron chi connectivity index (χ1n) is 17.5. The molecule has 0 aromatic heterocycles. The zero-order valence-corrected chi connectivity index (χ0v) is 26.9. The Hall–Kier alpha value is -1.60. The highest BCUT2D eigenvalue weighted by Crippen LogP contribution is 2.69. The molecule has 4 aliphatic carbocycles. The Morgan fingerprint density at radius 3 is 2.34 bits per heavy atom. The molecule has 246 valence electrons. The van der Waals surface area contributed by atoms with Crippen molar-refractivity contribution in [3.8, 4) is 0 Å². The zero-order valence-electron chi connectivity index (χ0n) is 26.9. The lowest BCUT2D eigenvalue weighted by Gasteiger charge is -2.62. The van der Waals surface area contributed by atoms with Crippen LogP contribution >= 0.6 is 0 Å². The summed E-state index contributed by atoms with van der Waals surface area (Å²) in [6, 6.07) is 9.29. The number of aliphatic hydroxyl groups is 1. The number of alkyl halides is 3. The molecule has 0 amide bonds. The number of ether oxygens (including phenoxy) is 2. The van der Waals surface area contributed by atoms with Gasteiger partial charge in [-0.15, -0.1) is 0 Å². The van der Waals surface area contributed by atoms with Crippen molar-refractivity contribution < 1.29 is 32.5 Å². The Labute approximate surface area is 261 Å². The van der Waals surface area contributed by atoms with Crippen molar-refractivity contribution in [1.82, 2.24) is 0 Å². The molecule has 4 saturated carbocycles. The molecule has 5 aliphatic rings. The number of carbonyl (C=O) groups excluding carboxylic acids is 1. The van der Waals surface area contributed by atoms with Crippen LogP contribution in [-0.2, 0) is 9.47 Å². The Kier molecular flexibility index (Phi) is 8.97. The number of benzene rings is 1. The second-order valence-corrected chi connectivity index (χ2v) is 15.9. The van der Waals surface area contributed by atoms with E-state index in [1.54, 1.807) is 0 Å². The second kappa shape index (κ2) is 12.2. The summed E-state index contributed by atoms with van der Waals surface area (Å²) in [5.74, 6) is 2.83. The first kappa shape index (κ1) is 32.3. The maximum Gasteiger partial charge on any atom is 0.417 e. The zero-order chi connectivity index (χ0) is 31.3. The number of hydrogen-bond donors (Lipinski definition) is 1. The fraction of sp³-hybridized carbons (Fsp3) is 0.811. The number of halogens is 3. The molecular weight excluding hydrogens is 565 g/mol. The first-order valence-corrected chi connectivity index (χ1v) is 17.5. The quantitative estimate of drug-likeness (QED) is 0.310. The molecule has 4 nitrogen and oxygen atoms in total. The van der Waals surface area contributed by atoms with Crippen molar-refractivity contribution in [2.45, 2.75) is 122 Å². The smallest absolute Gasteiger partial charge is 0.417 e. The van der Waals surface area contributed by atoms with Crippen LogP contribution in [0.25, 0.3) is 0 Å². The first-order chi connectivity index (χ1) is 20.9. The van der Waals surface area contributed by atoms with Gasteiger partial charge in [0.2, 0.25) is 0 Å². The topological polar surface area (TPSA) is 55.8 Å². The third-order valence-electron chi connectivity index (χ3n) is 14.0. The van der Waals surface area contributed by atoms with Crippen LogP contribution in [0.15, 0.2) is 30.3 Å². The highest BCUT2D eigenvalue weighted by molar-refractivity contribution is 5.89. The van der Waals surface area contributed by atoms with E-state index in [1.807, 2.05) is 30.3 Å². The van der Waals surface area contributed by atoms with Crippen LogP contribution in [-0.4, -0.2) is 42.2 Å². The van der Waals surface area contributed by atoms with Crippen LogP contribution in [0.3, 0.4) is 0 Å². The van der Waals surface area contributed by atoms with Gasteiger partial charge >= 0.3 is 12.1 Å². The number of fused-ring (bicyclic) bond motifs is 5. The van der Waals surface area contributed by atoms with Crippen molar-refractivity contribution >= 4 is 5.97 Å². The molecule has 5 fully saturated rings. The van der Waals surface area contributed by atoms with Gasteiger partial charge in [-0.25, -0.2) is 4.79 Å². The third-order valence-corrected chi connectivity index (χ3v) is 14.0. The molecule has 7 heteroatoms. The molecule has 1 aromatic rings. The summed E-state index contributed by atoms with van der Waals surface area (Å²) in [4.78, 5) is 13.1. The highest BCUT2D eigenvalue weighted by atomic mass is 19.4. The number of rotatable bonds is 7. The molecular formula is C37H53F3O4. The van der Waals surface area contributed by atoms with E-state index in [1.165, 1.54) is 12.8 Å². The lowest BCUT2D eigenvalue weighted by molar-refractivity contribution is -0.290. The summed E-state index contributed by atoms with van der Waals surface area (Å²) in [7, 11) is 0. The van der Waals surface area contributed by atoms with Gasteiger partial charge in [-0.1, -0.05) is 39.0 Å². The summed E-state index contributed by atoms with van der Waals surface area (Å²) in [5, 5.41) is 10.6. The lowest BCUT2D eigenvalue weighted by atomic mass is 9.43. The van der Waals surface area contributed by atoms with Gasteiger partial charge in [0.25, 0.3) is 0 Å². The normalized spacial score (nSPS) is 40.8. The largest absolute Gasteiger partial charge is 0.458 e. The van der Waals surface area contributed by atoms with E-state index in [0.29, 0.717) is 47.5 Å². The maximum absolute atomic E-state index is 13.8. The second-order valence-electron chi connectivity index (χ2n) is 15.9. The van der Waals surface area contributed by atoms with E-state index in [0.717, 1.165) is 64.6 Å². The number of hydrogen-bond acceptors (Lipinski definition) is 4. The molecule has 0 bridgehead atoms. The molecule has 1 N–H and O–H groups in total. The monoisotopic (exact) mass is 618 g/mol. The minimum absolute atomic E-state index is 0.0506. The van der Waals surface area contributed by atoms with Gasteiger partial charge in [-0.2, -0.15) is 13.2 Å². The number of esters is 1. The lowest BCUT2D eigenvalue weighted by Crippen LogP contribution is -2.59. The predicted molar refractivity (Wildman–Crippen MR) is 164 cm³/mol. The van der Waals surface area contributed by atoms with Gasteiger partial charge < -0.3 is 14.6 Å². The molecule has 1 saturated heterocycles. The summed E-state index contributed by atoms with van der Waals surface area (Å²) in [6.45, 7) is 8.63. The Bertz CT molecular complexity index is 1150. The van der Waals surface area contributed by atoms with Crippen LogP contribution < -0.4 is 0 Å². The van der Waals surface area contributed by atoms with E-state index in [9.17, 15) is 23.1 Å². The Morgan fingerprint density at radius 1 is 0.932 bits per heavy atom. The molecule has 0 spiro atoms. The van der Waals surface area contributed by atoms with Gasteiger partial charge in [-0.3, -0.25) is 0 Å². The molecule has 3 unspecified atom stereocenters. The average molecular weight is 619 g/mol.